The molecule has 0 saturated carbocycles. The Balaban J connectivity index is 2.06. The maximum Gasteiger partial charge on any atom is 0.264 e. The third-order valence-corrected chi connectivity index (χ3v) is 8.09. The second-order valence-corrected chi connectivity index (χ2v) is 12.6. The van der Waals surface area contributed by atoms with Gasteiger partial charge in [0.05, 0.1) is 17.7 Å². The molecular formula is C31H39N3O5S. The van der Waals surface area contributed by atoms with Crippen LogP contribution in [0.3, 0.4) is 0 Å². The Kier molecular flexibility index (Phi) is 9.98. The molecule has 0 aliphatic heterocycles. The molecule has 1 atom stereocenters. The number of benzene rings is 3. The summed E-state index contributed by atoms with van der Waals surface area (Å²) in [5.74, 6) is -0.192. The molecule has 1 N–H and O–H groups in total. The summed E-state index contributed by atoms with van der Waals surface area (Å²) < 4.78 is 34.1. The topological polar surface area (TPSA) is 96.0 Å². The molecular weight excluding hydrogens is 526 g/mol. The summed E-state index contributed by atoms with van der Waals surface area (Å²) >= 11 is 0. The van der Waals surface area contributed by atoms with E-state index in [1.165, 1.54) is 17.0 Å². The van der Waals surface area contributed by atoms with Crippen LogP contribution in [0.2, 0.25) is 0 Å². The molecule has 3 aromatic carbocycles. The molecule has 214 valence electrons. The molecule has 0 unspecified atom stereocenters. The van der Waals surface area contributed by atoms with Crippen molar-refractivity contribution in [2.75, 3.05) is 18.0 Å². The van der Waals surface area contributed by atoms with Crippen molar-refractivity contribution in [3.63, 3.8) is 0 Å². The number of hydrogen-bond acceptors (Lipinski definition) is 5. The van der Waals surface area contributed by atoms with E-state index in [2.05, 4.69) is 5.32 Å². The summed E-state index contributed by atoms with van der Waals surface area (Å²) in [6, 6.07) is 21.4. The van der Waals surface area contributed by atoms with Crippen molar-refractivity contribution in [3.05, 3.63) is 90.0 Å². The minimum Gasteiger partial charge on any atom is -0.497 e. The van der Waals surface area contributed by atoms with E-state index in [0.29, 0.717) is 17.9 Å². The minimum atomic E-state index is -4.10. The van der Waals surface area contributed by atoms with Gasteiger partial charge in [0.2, 0.25) is 11.8 Å². The first-order valence-corrected chi connectivity index (χ1v) is 14.7. The Morgan fingerprint density at radius 1 is 0.950 bits per heavy atom. The minimum absolute atomic E-state index is 0.0697. The van der Waals surface area contributed by atoms with Gasteiger partial charge < -0.3 is 15.0 Å². The van der Waals surface area contributed by atoms with Gasteiger partial charge in [0.15, 0.2) is 0 Å². The molecule has 0 heterocycles. The highest BCUT2D eigenvalue weighted by atomic mass is 32.2. The third kappa shape index (κ3) is 7.85. The second kappa shape index (κ2) is 13.0. The number of methoxy groups -OCH3 is 1. The van der Waals surface area contributed by atoms with E-state index in [4.69, 9.17) is 4.74 Å². The molecule has 0 aliphatic rings. The quantitative estimate of drug-likeness (QED) is 0.356. The summed E-state index contributed by atoms with van der Waals surface area (Å²) in [6.45, 7) is 8.96. The van der Waals surface area contributed by atoms with Crippen molar-refractivity contribution in [2.24, 2.45) is 0 Å². The Bertz CT molecular complexity index is 1400. The SMILES string of the molecule is CC[C@H](C(=O)NC(C)(C)C)N(Cc1cccc(OC)c1)C(=O)CN(c1ccc(C)cc1)S(=O)(=O)c1ccccc1. The number of carbonyl (C=O) groups excluding carboxylic acids is 2. The van der Waals surface area contributed by atoms with E-state index in [1.54, 1.807) is 61.7 Å². The highest BCUT2D eigenvalue weighted by Crippen LogP contribution is 2.25. The zero-order chi connectivity index (χ0) is 29.5. The Hall–Kier alpha value is -3.85. The number of nitrogens with one attached hydrogen (secondary N) is 1. The van der Waals surface area contributed by atoms with Crippen LogP contribution in [0.4, 0.5) is 5.69 Å². The largest absolute Gasteiger partial charge is 0.497 e. The average Bonchev–Trinajstić information content (AvgIpc) is 2.91. The number of ether oxygens (including phenoxy) is 1. The van der Waals surface area contributed by atoms with Crippen molar-refractivity contribution in [2.45, 2.75) is 64.1 Å². The molecule has 0 radical (unpaired) electrons. The lowest BCUT2D eigenvalue weighted by atomic mass is 10.1. The van der Waals surface area contributed by atoms with E-state index in [-0.39, 0.29) is 17.3 Å². The van der Waals surface area contributed by atoms with Crippen LogP contribution in [-0.4, -0.2) is 50.4 Å². The first-order valence-electron chi connectivity index (χ1n) is 13.2. The lowest BCUT2D eigenvalue weighted by Crippen LogP contribution is -2.55. The summed E-state index contributed by atoms with van der Waals surface area (Å²) in [6.07, 6.45) is 0.341. The van der Waals surface area contributed by atoms with Crippen LogP contribution in [0.5, 0.6) is 5.75 Å². The van der Waals surface area contributed by atoms with Gasteiger partial charge in [0.1, 0.15) is 18.3 Å². The van der Waals surface area contributed by atoms with E-state index in [9.17, 15) is 18.0 Å². The lowest BCUT2D eigenvalue weighted by molar-refractivity contribution is -0.141. The molecule has 3 aromatic rings. The van der Waals surface area contributed by atoms with Gasteiger partial charge in [-0.05, 0) is 76.1 Å². The van der Waals surface area contributed by atoms with Gasteiger partial charge in [0, 0.05) is 12.1 Å². The monoisotopic (exact) mass is 565 g/mol. The van der Waals surface area contributed by atoms with Crippen molar-refractivity contribution in [3.8, 4) is 5.75 Å². The normalized spacial score (nSPS) is 12.3. The summed E-state index contributed by atoms with van der Waals surface area (Å²) in [4.78, 5) is 29.0. The van der Waals surface area contributed by atoms with Crippen LogP contribution < -0.4 is 14.4 Å². The summed E-state index contributed by atoms with van der Waals surface area (Å²) in [5.41, 5.74) is 1.55. The number of aryl methyl sites for hydroxylation is 1. The van der Waals surface area contributed by atoms with Crippen molar-refractivity contribution in [1.82, 2.24) is 10.2 Å². The molecule has 0 aliphatic carbocycles. The van der Waals surface area contributed by atoms with Gasteiger partial charge in [-0.25, -0.2) is 8.42 Å². The van der Waals surface area contributed by atoms with Gasteiger partial charge in [-0.15, -0.1) is 0 Å². The highest BCUT2D eigenvalue weighted by molar-refractivity contribution is 7.92. The van der Waals surface area contributed by atoms with Crippen molar-refractivity contribution < 1.29 is 22.7 Å². The fraction of sp³-hybridized carbons (Fsp3) is 0.355. The number of amides is 2. The molecule has 9 heteroatoms. The average molecular weight is 566 g/mol. The van der Waals surface area contributed by atoms with Gasteiger partial charge in [-0.3, -0.25) is 13.9 Å². The summed E-state index contributed by atoms with van der Waals surface area (Å²) in [7, 11) is -2.54. The molecule has 0 saturated heterocycles. The van der Waals surface area contributed by atoms with E-state index in [1.807, 2.05) is 46.8 Å². The zero-order valence-electron chi connectivity index (χ0n) is 24.0. The number of nitrogens with zero attached hydrogens (tertiary/aromatic N) is 2. The lowest BCUT2D eigenvalue weighted by Gasteiger charge is -2.34. The van der Waals surface area contributed by atoms with E-state index in [0.717, 1.165) is 15.4 Å². The van der Waals surface area contributed by atoms with Crippen LogP contribution >= 0.6 is 0 Å². The van der Waals surface area contributed by atoms with Crippen LogP contribution in [0.15, 0.2) is 83.8 Å². The number of anilines is 1. The number of hydrogen-bond donors (Lipinski definition) is 1. The predicted octanol–water partition coefficient (Wildman–Crippen LogP) is 4.92. The van der Waals surface area contributed by atoms with Crippen molar-refractivity contribution >= 4 is 27.5 Å². The van der Waals surface area contributed by atoms with Crippen LogP contribution in [0, 0.1) is 6.92 Å². The fourth-order valence-electron chi connectivity index (χ4n) is 4.30. The van der Waals surface area contributed by atoms with E-state index >= 15 is 0 Å². The maximum absolute atomic E-state index is 14.1. The first kappa shape index (κ1) is 30.7. The molecule has 0 bridgehead atoms. The van der Waals surface area contributed by atoms with E-state index < -0.39 is 34.1 Å². The van der Waals surface area contributed by atoms with Gasteiger partial charge in [-0.2, -0.15) is 0 Å². The first-order chi connectivity index (χ1) is 18.9. The van der Waals surface area contributed by atoms with Crippen molar-refractivity contribution in [1.29, 1.82) is 0 Å². The number of carbonyl (C=O) groups is 2. The van der Waals surface area contributed by atoms with Crippen LogP contribution in [0.1, 0.15) is 45.2 Å². The molecule has 40 heavy (non-hydrogen) atoms. The van der Waals surface area contributed by atoms with Gasteiger partial charge >= 0.3 is 0 Å². The number of sulfonamides is 1. The number of rotatable bonds is 11. The molecule has 3 rings (SSSR count). The van der Waals surface area contributed by atoms with Gasteiger partial charge in [0.25, 0.3) is 10.0 Å². The Labute approximate surface area is 238 Å². The molecule has 0 spiro atoms. The second-order valence-electron chi connectivity index (χ2n) is 10.7. The third-order valence-electron chi connectivity index (χ3n) is 6.30. The van der Waals surface area contributed by atoms with Gasteiger partial charge in [-0.1, -0.05) is 55.0 Å². The maximum atomic E-state index is 14.1. The standard InChI is InChI=1S/C31H39N3O5S/c1-7-28(30(36)32-31(3,4)5)33(21-24-12-11-13-26(20-24)39-6)29(35)22-34(25-18-16-23(2)17-19-25)40(37,38)27-14-9-8-10-15-27/h8-20,28H,7,21-22H2,1-6H3,(H,32,36)/t28-/m1/s1. The molecule has 8 nitrogen and oxygen atoms in total. The summed E-state index contributed by atoms with van der Waals surface area (Å²) in [5, 5.41) is 2.97. The van der Waals surface area contributed by atoms with Crippen LogP contribution in [-0.2, 0) is 26.2 Å². The Morgan fingerprint density at radius 3 is 2.17 bits per heavy atom. The molecule has 2 amide bonds. The fourth-order valence-corrected chi connectivity index (χ4v) is 5.73. The molecule has 0 fully saturated rings. The predicted molar refractivity (Wildman–Crippen MR) is 158 cm³/mol. The van der Waals surface area contributed by atoms with Crippen LogP contribution in [0.25, 0.3) is 0 Å². The molecule has 0 aromatic heterocycles. The Morgan fingerprint density at radius 2 is 1.60 bits per heavy atom. The smallest absolute Gasteiger partial charge is 0.264 e. The zero-order valence-corrected chi connectivity index (χ0v) is 24.9. The highest BCUT2D eigenvalue weighted by Gasteiger charge is 2.34.